The average Bonchev–Trinajstić information content (AvgIpc) is 2.61. The fraction of sp³-hybridized carbons (Fsp3) is 0.682. The first-order valence-corrected chi connectivity index (χ1v) is 12.1. The lowest BCUT2D eigenvalue weighted by Crippen LogP contribution is -2.31. The first kappa shape index (κ1) is 25.4. The Bertz CT molecular complexity index is 786. The van der Waals surface area contributed by atoms with Crippen molar-refractivity contribution in [1.82, 2.24) is 10.0 Å². The molecule has 1 rings (SSSR count). The number of nitrogens with one attached hydrogen (secondary N) is 3. The van der Waals surface area contributed by atoms with Gasteiger partial charge in [-0.1, -0.05) is 6.42 Å². The number of unbranched alkanes of at least 4 members (excludes halogenated alkanes) is 2. The lowest BCUT2D eigenvalue weighted by Gasteiger charge is -2.22. The minimum Gasteiger partial charge on any atom is -0.385 e. The number of hydrogen-bond acceptors (Lipinski definition) is 4. The maximum atomic E-state index is 12.6. The van der Waals surface area contributed by atoms with E-state index in [1.54, 1.807) is 13.8 Å². The fourth-order valence-corrected chi connectivity index (χ4v) is 4.04. The van der Waals surface area contributed by atoms with Gasteiger partial charge in [-0.25, -0.2) is 13.1 Å². The highest BCUT2D eigenvalue weighted by atomic mass is 32.2. The summed E-state index contributed by atoms with van der Waals surface area (Å²) in [5.41, 5.74) is 6.10. The minimum absolute atomic E-state index is 0.0170. The summed E-state index contributed by atoms with van der Waals surface area (Å²) in [5.74, 6) is -0.0170. The molecule has 3 N–H and O–H groups in total. The first-order valence-electron chi connectivity index (χ1n) is 10.5. The van der Waals surface area contributed by atoms with Crippen molar-refractivity contribution in [2.24, 2.45) is 0 Å². The van der Waals surface area contributed by atoms with Crippen LogP contribution in [0.15, 0.2) is 0 Å². The summed E-state index contributed by atoms with van der Waals surface area (Å²) >= 11 is 0. The van der Waals surface area contributed by atoms with Crippen LogP contribution in [0.2, 0.25) is 0 Å². The van der Waals surface area contributed by atoms with E-state index in [1.807, 2.05) is 27.7 Å². The maximum absolute atomic E-state index is 12.6. The van der Waals surface area contributed by atoms with Crippen LogP contribution in [0.4, 0.5) is 5.69 Å². The Hall–Kier alpha value is -1.60. The van der Waals surface area contributed by atoms with Gasteiger partial charge >= 0.3 is 0 Å². The van der Waals surface area contributed by atoms with Gasteiger partial charge in [0.05, 0.1) is 5.25 Å². The molecule has 0 unspecified atom stereocenters. The molecule has 1 amide bonds. The van der Waals surface area contributed by atoms with Crippen molar-refractivity contribution >= 4 is 21.6 Å². The molecular formula is C22H39N3O3S. The molecule has 0 aliphatic carbocycles. The molecule has 0 saturated heterocycles. The minimum atomic E-state index is -3.17. The standard InChI is InChI=1S/C22H39N3O3S/c1-14(2)25-22(26)20-16(5)18(7)21(19(8)17(20)6)23-12-10-9-11-13-24-29(27,28)15(3)4/h14-15,23-24H,9-13H2,1-8H3,(H,25,26). The number of sulfonamides is 1. The van der Waals surface area contributed by atoms with E-state index >= 15 is 0 Å². The summed E-state index contributed by atoms with van der Waals surface area (Å²) in [7, 11) is -3.17. The molecule has 1 aromatic rings. The zero-order valence-corrected chi connectivity index (χ0v) is 20.1. The van der Waals surface area contributed by atoms with Crippen molar-refractivity contribution in [1.29, 1.82) is 0 Å². The van der Waals surface area contributed by atoms with Gasteiger partial charge < -0.3 is 10.6 Å². The average molecular weight is 426 g/mol. The summed E-state index contributed by atoms with van der Waals surface area (Å²) in [6.07, 6.45) is 2.71. The summed E-state index contributed by atoms with van der Waals surface area (Å²) in [5, 5.41) is 6.12. The largest absolute Gasteiger partial charge is 0.385 e. The Morgan fingerprint density at radius 1 is 0.828 bits per heavy atom. The molecule has 0 heterocycles. The molecule has 0 aliphatic rings. The van der Waals surface area contributed by atoms with Gasteiger partial charge in [-0.3, -0.25) is 4.79 Å². The molecule has 29 heavy (non-hydrogen) atoms. The van der Waals surface area contributed by atoms with Gasteiger partial charge in [0.1, 0.15) is 0 Å². The highest BCUT2D eigenvalue weighted by molar-refractivity contribution is 7.90. The second-order valence-electron chi connectivity index (χ2n) is 8.35. The zero-order valence-electron chi connectivity index (χ0n) is 19.3. The number of carbonyl (C=O) groups is 1. The van der Waals surface area contributed by atoms with E-state index in [2.05, 4.69) is 29.2 Å². The van der Waals surface area contributed by atoms with Crippen LogP contribution in [0.1, 0.15) is 79.6 Å². The smallest absolute Gasteiger partial charge is 0.252 e. The van der Waals surface area contributed by atoms with Gasteiger partial charge in [-0.05, 0) is 90.5 Å². The first-order chi connectivity index (χ1) is 13.4. The molecule has 1 aromatic carbocycles. The van der Waals surface area contributed by atoms with Gasteiger partial charge in [0, 0.05) is 30.4 Å². The van der Waals surface area contributed by atoms with Crippen LogP contribution in [0.3, 0.4) is 0 Å². The third kappa shape index (κ3) is 7.00. The highest BCUT2D eigenvalue weighted by Crippen LogP contribution is 2.30. The van der Waals surface area contributed by atoms with E-state index in [0.717, 1.165) is 59.3 Å². The molecule has 0 radical (unpaired) electrons. The Morgan fingerprint density at radius 2 is 1.34 bits per heavy atom. The molecule has 166 valence electrons. The number of rotatable bonds is 11. The van der Waals surface area contributed by atoms with Gasteiger partial charge in [0.15, 0.2) is 0 Å². The van der Waals surface area contributed by atoms with Gasteiger partial charge in [0.25, 0.3) is 5.91 Å². The van der Waals surface area contributed by atoms with E-state index in [9.17, 15) is 13.2 Å². The quantitative estimate of drug-likeness (QED) is 0.468. The topological polar surface area (TPSA) is 87.3 Å². The Morgan fingerprint density at radius 3 is 1.83 bits per heavy atom. The van der Waals surface area contributed by atoms with Crippen molar-refractivity contribution in [2.45, 2.75) is 85.9 Å². The predicted octanol–water partition coefficient (Wildman–Crippen LogP) is 3.97. The summed E-state index contributed by atoms with van der Waals surface area (Å²) in [6, 6.07) is 0.102. The molecule has 0 aliphatic heterocycles. The number of anilines is 1. The van der Waals surface area contributed by atoms with E-state index in [-0.39, 0.29) is 11.9 Å². The molecule has 0 aromatic heterocycles. The molecule has 0 atom stereocenters. The van der Waals surface area contributed by atoms with Gasteiger partial charge in [-0.15, -0.1) is 0 Å². The van der Waals surface area contributed by atoms with Crippen molar-refractivity contribution in [3.8, 4) is 0 Å². The van der Waals surface area contributed by atoms with Crippen molar-refractivity contribution in [3.63, 3.8) is 0 Å². The Kier molecular flexibility index (Phi) is 9.62. The van der Waals surface area contributed by atoms with Gasteiger partial charge in [-0.2, -0.15) is 0 Å². The fourth-order valence-electron chi connectivity index (χ4n) is 3.27. The zero-order chi connectivity index (χ0) is 22.4. The normalized spacial score (nSPS) is 11.9. The van der Waals surface area contributed by atoms with Crippen molar-refractivity contribution in [3.05, 3.63) is 27.8 Å². The third-order valence-electron chi connectivity index (χ3n) is 5.35. The lowest BCUT2D eigenvalue weighted by atomic mass is 9.91. The van der Waals surface area contributed by atoms with E-state index in [1.165, 1.54) is 0 Å². The third-order valence-corrected chi connectivity index (χ3v) is 7.20. The molecule has 6 nitrogen and oxygen atoms in total. The second kappa shape index (κ2) is 11.0. The molecule has 7 heteroatoms. The van der Waals surface area contributed by atoms with Gasteiger partial charge in [0.2, 0.25) is 10.0 Å². The van der Waals surface area contributed by atoms with Crippen LogP contribution in [-0.4, -0.2) is 38.7 Å². The Balaban J connectivity index is 2.67. The van der Waals surface area contributed by atoms with Crippen molar-refractivity contribution in [2.75, 3.05) is 18.4 Å². The van der Waals surface area contributed by atoms with Crippen LogP contribution >= 0.6 is 0 Å². The molecule has 0 bridgehead atoms. The predicted molar refractivity (Wildman–Crippen MR) is 122 cm³/mol. The summed E-state index contributed by atoms with van der Waals surface area (Å²) < 4.78 is 26.1. The van der Waals surface area contributed by atoms with Crippen LogP contribution in [0, 0.1) is 27.7 Å². The highest BCUT2D eigenvalue weighted by Gasteiger charge is 2.20. The maximum Gasteiger partial charge on any atom is 0.252 e. The lowest BCUT2D eigenvalue weighted by molar-refractivity contribution is 0.0941. The SMILES string of the molecule is Cc1c(C)c(C(=O)NC(C)C)c(C)c(C)c1NCCCCCNS(=O)(=O)C(C)C. The summed E-state index contributed by atoms with van der Waals surface area (Å²) in [6.45, 7) is 16.7. The molecule has 0 fully saturated rings. The van der Waals surface area contributed by atoms with E-state index in [4.69, 9.17) is 0 Å². The van der Waals surface area contributed by atoms with Crippen LogP contribution in [0.25, 0.3) is 0 Å². The number of hydrogen-bond donors (Lipinski definition) is 3. The summed E-state index contributed by atoms with van der Waals surface area (Å²) in [4.78, 5) is 12.6. The van der Waals surface area contributed by atoms with Crippen LogP contribution < -0.4 is 15.4 Å². The van der Waals surface area contributed by atoms with E-state index < -0.39 is 15.3 Å². The molecule has 0 spiro atoms. The van der Waals surface area contributed by atoms with Crippen molar-refractivity contribution < 1.29 is 13.2 Å². The second-order valence-corrected chi connectivity index (χ2v) is 10.7. The molecular weight excluding hydrogens is 386 g/mol. The number of carbonyl (C=O) groups excluding carboxylic acids is 1. The van der Waals surface area contributed by atoms with E-state index in [0.29, 0.717) is 6.54 Å². The monoisotopic (exact) mass is 425 g/mol. The van der Waals surface area contributed by atoms with Crippen LogP contribution in [-0.2, 0) is 10.0 Å². The molecule has 0 saturated carbocycles. The number of benzene rings is 1. The number of amides is 1. The van der Waals surface area contributed by atoms with Crippen LogP contribution in [0.5, 0.6) is 0 Å². The Labute approximate surface area is 177 Å².